The standard InChI is InChI=1S/C23H28N2O4/c1-28-20-10-5-6-11-21(20)29-18-23(27)25-15-7-14-24(16-17-25)22(26)13-12-19-8-3-2-4-9-19/h2-6,8-11H,7,12-18H2,1H3. The number of ether oxygens (including phenoxy) is 2. The monoisotopic (exact) mass is 396 g/mol. The second-order valence-corrected chi connectivity index (χ2v) is 7.04. The van der Waals surface area contributed by atoms with Gasteiger partial charge in [0.15, 0.2) is 18.1 Å². The highest BCUT2D eigenvalue weighted by molar-refractivity contribution is 5.79. The molecule has 2 aromatic rings. The molecule has 0 bridgehead atoms. The van der Waals surface area contributed by atoms with Gasteiger partial charge in [0.1, 0.15) is 0 Å². The van der Waals surface area contributed by atoms with E-state index >= 15 is 0 Å². The Morgan fingerprint density at radius 2 is 1.45 bits per heavy atom. The summed E-state index contributed by atoms with van der Waals surface area (Å²) in [6.45, 7) is 2.38. The number of amides is 2. The van der Waals surface area contributed by atoms with Crippen molar-refractivity contribution in [1.82, 2.24) is 9.80 Å². The molecule has 1 saturated heterocycles. The Hall–Kier alpha value is -3.02. The second kappa shape index (κ2) is 10.5. The van der Waals surface area contributed by atoms with Crippen LogP contribution in [0.1, 0.15) is 18.4 Å². The van der Waals surface area contributed by atoms with Crippen molar-refractivity contribution in [2.24, 2.45) is 0 Å². The molecule has 0 N–H and O–H groups in total. The van der Waals surface area contributed by atoms with E-state index in [0.717, 1.165) is 12.8 Å². The Balaban J connectivity index is 1.46. The number of methoxy groups -OCH3 is 1. The van der Waals surface area contributed by atoms with E-state index in [1.807, 2.05) is 47.4 Å². The van der Waals surface area contributed by atoms with E-state index < -0.39 is 0 Å². The largest absolute Gasteiger partial charge is 0.493 e. The number of carbonyl (C=O) groups excluding carboxylic acids is 2. The van der Waals surface area contributed by atoms with Crippen LogP contribution >= 0.6 is 0 Å². The van der Waals surface area contributed by atoms with Crippen molar-refractivity contribution in [2.75, 3.05) is 39.9 Å². The summed E-state index contributed by atoms with van der Waals surface area (Å²) in [5.74, 6) is 1.23. The van der Waals surface area contributed by atoms with Crippen molar-refractivity contribution < 1.29 is 19.1 Å². The molecular weight excluding hydrogens is 368 g/mol. The number of nitrogens with zero attached hydrogens (tertiary/aromatic N) is 2. The van der Waals surface area contributed by atoms with Crippen LogP contribution < -0.4 is 9.47 Å². The first-order valence-corrected chi connectivity index (χ1v) is 10.0. The fourth-order valence-electron chi connectivity index (χ4n) is 3.44. The summed E-state index contributed by atoms with van der Waals surface area (Å²) < 4.78 is 10.9. The molecule has 0 aliphatic carbocycles. The van der Waals surface area contributed by atoms with Gasteiger partial charge in [0.05, 0.1) is 7.11 Å². The van der Waals surface area contributed by atoms with Gasteiger partial charge < -0.3 is 19.3 Å². The highest BCUT2D eigenvalue weighted by atomic mass is 16.5. The van der Waals surface area contributed by atoms with Gasteiger partial charge in [-0.3, -0.25) is 9.59 Å². The molecule has 2 amide bonds. The van der Waals surface area contributed by atoms with E-state index in [-0.39, 0.29) is 18.4 Å². The summed E-state index contributed by atoms with van der Waals surface area (Å²) in [5.41, 5.74) is 1.17. The molecule has 1 heterocycles. The molecule has 0 unspecified atom stereocenters. The van der Waals surface area contributed by atoms with Gasteiger partial charge in [-0.25, -0.2) is 0 Å². The van der Waals surface area contributed by atoms with E-state index in [0.29, 0.717) is 44.1 Å². The summed E-state index contributed by atoms with van der Waals surface area (Å²) in [7, 11) is 1.57. The van der Waals surface area contributed by atoms with Gasteiger partial charge in [-0.1, -0.05) is 42.5 Å². The predicted molar refractivity (Wildman–Crippen MR) is 111 cm³/mol. The lowest BCUT2D eigenvalue weighted by Gasteiger charge is -2.22. The van der Waals surface area contributed by atoms with E-state index in [4.69, 9.17) is 9.47 Å². The van der Waals surface area contributed by atoms with E-state index in [2.05, 4.69) is 0 Å². The van der Waals surface area contributed by atoms with Crippen molar-refractivity contribution in [1.29, 1.82) is 0 Å². The molecule has 154 valence electrons. The smallest absolute Gasteiger partial charge is 0.260 e. The molecule has 29 heavy (non-hydrogen) atoms. The van der Waals surface area contributed by atoms with E-state index in [1.165, 1.54) is 5.56 Å². The van der Waals surface area contributed by atoms with Crippen LogP contribution in [0.25, 0.3) is 0 Å². The van der Waals surface area contributed by atoms with Crippen LogP contribution in [0.4, 0.5) is 0 Å². The molecule has 0 atom stereocenters. The number of hydrogen-bond donors (Lipinski definition) is 0. The number of hydrogen-bond acceptors (Lipinski definition) is 4. The quantitative estimate of drug-likeness (QED) is 0.722. The van der Waals surface area contributed by atoms with E-state index in [9.17, 15) is 9.59 Å². The molecule has 6 heteroatoms. The average molecular weight is 396 g/mol. The first kappa shape index (κ1) is 20.7. The first-order chi connectivity index (χ1) is 14.2. The zero-order valence-electron chi connectivity index (χ0n) is 16.9. The van der Waals surface area contributed by atoms with Crippen LogP contribution in [0.3, 0.4) is 0 Å². The highest BCUT2D eigenvalue weighted by Crippen LogP contribution is 2.25. The number of rotatable bonds is 7. The fraction of sp³-hybridized carbons (Fsp3) is 0.391. The van der Waals surface area contributed by atoms with Crippen molar-refractivity contribution in [3.05, 3.63) is 60.2 Å². The molecule has 0 spiro atoms. The topological polar surface area (TPSA) is 59.1 Å². The maximum Gasteiger partial charge on any atom is 0.260 e. The second-order valence-electron chi connectivity index (χ2n) is 7.04. The van der Waals surface area contributed by atoms with Crippen molar-refractivity contribution >= 4 is 11.8 Å². The maximum atomic E-state index is 12.6. The lowest BCUT2D eigenvalue weighted by molar-refractivity contribution is -0.134. The molecule has 1 aliphatic rings. The average Bonchev–Trinajstić information content (AvgIpc) is 3.03. The molecule has 0 saturated carbocycles. The normalized spacial score (nSPS) is 14.2. The minimum atomic E-state index is -0.0745. The van der Waals surface area contributed by atoms with Crippen molar-refractivity contribution in [3.63, 3.8) is 0 Å². The summed E-state index contributed by atoms with van der Waals surface area (Å²) in [6, 6.07) is 17.3. The lowest BCUT2D eigenvalue weighted by atomic mass is 10.1. The van der Waals surface area contributed by atoms with Gasteiger partial charge in [-0.05, 0) is 30.5 Å². The summed E-state index contributed by atoms with van der Waals surface area (Å²) >= 11 is 0. The number of carbonyl (C=O) groups is 2. The molecule has 2 aromatic carbocycles. The van der Waals surface area contributed by atoms with Crippen molar-refractivity contribution in [3.8, 4) is 11.5 Å². The zero-order valence-corrected chi connectivity index (χ0v) is 16.9. The third kappa shape index (κ3) is 5.98. The van der Waals surface area contributed by atoms with Crippen LogP contribution in [0, 0.1) is 0 Å². The van der Waals surface area contributed by atoms with Gasteiger partial charge in [-0.15, -0.1) is 0 Å². The van der Waals surface area contributed by atoms with Crippen molar-refractivity contribution in [2.45, 2.75) is 19.3 Å². The third-order valence-electron chi connectivity index (χ3n) is 5.09. The predicted octanol–water partition coefficient (Wildman–Crippen LogP) is 2.77. The van der Waals surface area contributed by atoms with Crippen LogP contribution in [0.2, 0.25) is 0 Å². The zero-order chi connectivity index (χ0) is 20.5. The number of para-hydroxylation sites is 2. The van der Waals surface area contributed by atoms with Gasteiger partial charge in [0, 0.05) is 32.6 Å². The molecule has 1 fully saturated rings. The van der Waals surface area contributed by atoms with Crippen LogP contribution in [-0.4, -0.2) is 61.5 Å². The Bertz CT molecular complexity index is 810. The maximum absolute atomic E-state index is 12.6. The molecule has 0 radical (unpaired) electrons. The van der Waals surface area contributed by atoms with Crippen LogP contribution in [0.15, 0.2) is 54.6 Å². The molecule has 3 rings (SSSR count). The minimum Gasteiger partial charge on any atom is -0.493 e. The highest BCUT2D eigenvalue weighted by Gasteiger charge is 2.22. The van der Waals surface area contributed by atoms with Gasteiger partial charge in [0.25, 0.3) is 5.91 Å². The van der Waals surface area contributed by atoms with Gasteiger partial charge in [-0.2, -0.15) is 0 Å². The van der Waals surface area contributed by atoms with Gasteiger partial charge in [0.2, 0.25) is 5.91 Å². The SMILES string of the molecule is COc1ccccc1OCC(=O)N1CCCN(C(=O)CCc2ccccc2)CC1. The minimum absolute atomic E-state index is 0.0394. The van der Waals surface area contributed by atoms with Gasteiger partial charge >= 0.3 is 0 Å². The molecule has 6 nitrogen and oxygen atoms in total. The third-order valence-corrected chi connectivity index (χ3v) is 5.09. The Labute approximate surface area is 172 Å². The number of benzene rings is 2. The summed E-state index contributed by atoms with van der Waals surface area (Å²) in [5, 5.41) is 0. The van der Waals surface area contributed by atoms with E-state index in [1.54, 1.807) is 24.1 Å². The summed E-state index contributed by atoms with van der Waals surface area (Å²) in [4.78, 5) is 28.8. The molecule has 1 aliphatic heterocycles. The van der Waals surface area contributed by atoms with Crippen LogP contribution in [-0.2, 0) is 16.0 Å². The lowest BCUT2D eigenvalue weighted by Crippen LogP contribution is -2.39. The molecule has 0 aromatic heterocycles. The Kier molecular flexibility index (Phi) is 7.50. The van der Waals surface area contributed by atoms with Crippen LogP contribution in [0.5, 0.6) is 11.5 Å². The number of aryl methyl sites for hydroxylation is 1. The molecular formula is C23H28N2O4. The first-order valence-electron chi connectivity index (χ1n) is 10.0. The fourth-order valence-corrected chi connectivity index (χ4v) is 3.44. The summed E-state index contributed by atoms with van der Waals surface area (Å²) in [6.07, 6.45) is 2.01. The Morgan fingerprint density at radius 1 is 0.828 bits per heavy atom. The Morgan fingerprint density at radius 3 is 2.14 bits per heavy atom.